The van der Waals surface area contributed by atoms with Gasteiger partial charge in [-0.05, 0) is 32.1 Å². The van der Waals surface area contributed by atoms with Gasteiger partial charge in [-0.3, -0.25) is 4.98 Å². The average Bonchev–Trinajstić information content (AvgIpc) is 2.29. The highest BCUT2D eigenvalue weighted by Gasteiger charge is 2.20. The van der Waals surface area contributed by atoms with E-state index in [0.29, 0.717) is 12.0 Å². The maximum absolute atomic E-state index is 5.80. The molecular weight excluding hydrogens is 202 g/mol. The van der Waals surface area contributed by atoms with Crippen molar-refractivity contribution in [2.24, 2.45) is 0 Å². The molecule has 0 amide bonds. The lowest BCUT2D eigenvalue weighted by molar-refractivity contribution is 0.0384. The first-order valence-electron chi connectivity index (χ1n) is 5.32. The maximum atomic E-state index is 5.80. The van der Waals surface area contributed by atoms with Crippen LogP contribution in [0.15, 0.2) is 30.2 Å². The Morgan fingerprint density at radius 2 is 2.38 bits per heavy atom. The standard InChI is InChI=1S/C13H15NO2/c1-4-12-13(16-9(2)8-15-12)11-6-5-7-14-10(11)3/h4-7,9H,3,8H2,1-2H3/b12-4?,13-11+. The van der Waals surface area contributed by atoms with Gasteiger partial charge in [0.1, 0.15) is 12.7 Å². The van der Waals surface area contributed by atoms with Gasteiger partial charge in [-0.1, -0.05) is 6.58 Å². The average molecular weight is 217 g/mol. The monoisotopic (exact) mass is 217 g/mol. The number of pyridine rings is 1. The van der Waals surface area contributed by atoms with E-state index in [4.69, 9.17) is 9.47 Å². The zero-order valence-corrected chi connectivity index (χ0v) is 9.56. The zero-order chi connectivity index (χ0) is 11.5. The predicted octanol–water partition coefficient (Wildman–Crippen LogP) is 0.939. The summed E-state index contributed by atoms with van der Waals surface area (Å²) in [6.07, 6.45) is 3.67. The minimum absolute atomic E-state index is 0.0540. The second kappa shape index (κ2) is 4.39. The number of hydrogen-bond acceptors (Lipinski definition) is 3. The lowest BCUT2D eigenvalue weighted by Crippen LogP contribution is -2.34. The third-order valence-electron chi connectivity index (χ3n) is 2.41. The molecule has 1 atom stereocenters. The molecule has 0 radical (unpaired) electrons. The Balaban J connectivity index is 2.64. The minimum Gasteiger partial charge on any atom is -0.486 e. The Bertz CT molecular complexity index is 519. The summed E-state index contributed by atoms with van der Waals surface area (Å²) in [6, 6.07) is 3.81. The molecule has 0 aromatic carbocycles. The van der Waals surface area contributed by atoms with Gasteiger partial charge in [0.15, 0.2) is 11.5 Å². The molecule has 84 valence electrons. The first kappa shape index (κ1) is 10.7. The lowest BCUT2D eigenvalue weighted by Gasteiger charge is -2.26. The topological polar surface area (TPSA) is 31.4 Å². The van der Waals surface area contributed by atoms with Crippen molar-refractivity contribution in [1.29, 1.82) is 0 Å². The van der Waals surface area contributed by atoms with Crippen LogP contribution < -0.4 is 10.6 Å². The normalized spacial score (nSPS) is 26.1. The van der Waals surface area contributed by atoms with Gasteiger partial charge in [-0.25, -0.2) is 0 Å². The fraction of sp³-hybridized carbons (Fsp3) is 0.308. The summed E-state index contributed by atoms with van der Waals surface area (Å²) in [5.41, 5.74) is 0. The van der Waals surface area contributed by atoms with Crippen molar-refractivity contribution in [3.05, 3.63) is 40.7 Å². The third kappa shape index (κ3) is 1.94. The van der Waals surface area contributed by atoms with E-state index in [1.165, 1.54) is 0 Å². The Hall–Kier alpha value is -1.77. The molecule has 0 aliphatic carbocycles. The van der Waals surface area contributed by atoms with Crippen LogP contribution >= 0.6 is 0 Å². The molecule has 2 heterocycles. The van der Waals surface area contributed by atoms with E-state index >= 15 is 0 Å². The van der Waals surface area contributed by atoms with E-state index in [1.807, 2.05) is 32.1 Å². The minimum atomic E-state index is 0.0540. The van der Waals surface area contributed by atoms with Crippen molar-refractivity contribution >= 4 is 12.3 Å². The first-order chi connectivity index (χ1) is 7.72. The van der Waals surface area contributed by atoms with Crippen LogP contribution in [-0.4, -0.2) is 17.7 Å². The second-order valence-corrected chi connectivity index (χ2v) is 3.72. The molecule has 0 spiro atoms. The highest BCUT2D eigenvalue weighted by molar-refractivity contribution is 5.55. The van der Waals surface area contributed by atoms with Crippen molar-refractivity contribution in [2.45, 2.75) is 20.0 Å². The van der Waals surface area contributed by atoms with E-state index in [0.717, 1.165) is 16.7 Å². The van der Waals surface area contributed by atoms with Crippen LogP contribution in [0.2, 0.25) is 0 Å². The number of aromatic nitrogens is 1. The van der Waals surface area contributed by atoms with Crippen LogP contribution in [0, 0.1) is 0 Å². The number of hydrogen-bond donors (Lipinski definition) is 0. The van der Waals surface area contributed by atoms with Gasteiger partial charge < -0.3 is 9.47 Å². The molecule has 3 nitrogen and oxygen atoms in total. The number of rotatable bonds is 0. The van der Waals surface area contributed by atoms with Crippen molar-refractivity contribution in [1.82, 2.24) is 4.98 Å². The van der Waals surface area contributed by atoms with Crippen LogP contribution in [0.3, 0.4) is 0 Å². The third-order valence-corrected chi connectivity index (χ3v) is 2.41. The maximum Gasteiger partial charge on any atom is 0.170 e. The van der Waals surface area contributed by atoms with E-state index in [-0.39, 0.29) is 6.10 Å². The molecule has 2 rings (SSSR count). The molecule has 0 saturated carbocycles. The molecule has 1 aliphatic rings. The van der Waals surface area contributed by atoms with E-state index in [1.54, 1.807) is 6.20 Å². The summed E-state index contributed by atoms with van der Waals surface area (Å²) in [5, 5.41) is 1.59. The zero-order valence-electron chi connectivity index (χ0n) is 9.56. The Morgan fingerprint density at radius 1 is 1.56 bits per heavy atom. The van der Waals surface area contributed by atoms with Crippen molar-refractivity contribution in [2.75, 3.05) is 6.61 Å². The summed E-state index contributed by atoms with van der Waals surface area (Å²) in [4.78, 5) is 4.15. The fourth-order valence-electron chi connectivity index (χ4n) is 1.62. The lowest BCUT2D eigenvalue weighted by atomic mass is 10.2. The van der Waals surface area contributed by atoms with Gasteiger partial charge in [0.05, 0.1) is 5.35 Å². The molecule has 1 saturated heterocycles. The highest BCUT2D eigenvalue weighted by Crippen LogP contribution is 2.21. The summed E-state index contributed by atoms with van der Waals surface area (Å²) < 4.78 is 11.4. The largest absolute Gasteiger partial charge is 0.486 e. The summed E-state index contributed by atoms with van der Waals surface area (Å²) in [5.74, 6) is 1.50. The van der Waals surface area contributed by atoms with Gasteiger partial charge in [-0.15, -0.1) is 0 Å². The van der Waals surface area contributed by atoms with Crippen molar-refractivity contribution in [3.8, 4) is 0 Å². The number of allylic oxidation sites excluding steroid dienone is 1. The SMILES string of the molecule is C=c1nccc/c1=C1\OC(C)COC1=CC. The van der Waals surface area contributed by atoms with Crippen LogP contribution in [0.4, 0.5) is 0 Å². The van der Waals surface area contributed by atoms with Gasteiger partial charge >= 0.3 is 0 Å². The molecule has 1 aliphatic heterocycles. The molecule has 1 fully saturated rings. The van der Waals surface area contributed by atoms with Crippen LogP contribution in [0.1, 0.15) is 13.8 Å². The van der Waals surface area contributed by atoms with Gasteiger partial charge in [-0.2, -0.15) is 0 Å². The van der Waals surface area contributed by atoms with Crippen LogP contribution in [-0.2, 0) is 9.47 Å². The first-order valence-corrected chi connectivity index (χ1v) is 5.32. The highest BCUT2D eigenvalue weighted by atomic mass is 16.6. The van der Waals surface area contributed by atoms with Crippen LogP contribution in [0.25, 0.3) is 12.3 Å². The molecule has 0 bridgehead atoms. The van der Waals surface area contributed by atoms with Crippen molar-refractivity contribution in [3.63, 3.8) is 0 Å². The number of nitrogens with zero attached hydrogens (tertiary/aromatic N) is 1. The molecule has 1 unspecified atom stereocenters. The summed E-state index contributed by atoms with van der Waals surface area (Å²) >= 11 is 0. The predicted molar refractivity (Wildman–Crippen MR) is 62.7 cm³/mol. The Kier molecular flexibility index (Phi) is 2.95. The van der Waals surface area contributed by atoms with E-state index < -0.39 is 0 Å². The Morgan fingerprint density at radius 3 is 3.06 bits per heavy atom. The quantitative estimate of drug-likeness (QED) is 0.648. The fourth-order valence-corrected chi connectivity index (χ4v) is 1.62. The number of ether oxygens (including phenoxy) is 2. The van der Waals surface area contributed by atoms with Gasteiger partial charge in [0, 0.05) is 11.4 Å². The molecule has 16 heavy (non-hydrogen) atoms. The summed E-state index contributed by atoms with van der Waals surface area (Å²) in [6.45, 7) is 8.38. The molecule has 0 N–H and O–H groups in total. The molecular formula is C13H15NO2. The van der Waals surface area contributed by atoms with Gasteiger partial charge in [0.25, 0.3) is 0 Å². The Labute approximate surface area is 94.7 Å². The van der Waals surface area contributed by atoms with Gasteiger partial charge in [0.2, 0.25) is 0 Å². The molecule has 1 aromatic heterocycles. The van der Waals surface area contributed by atoms with Crippen molar-refractivity contribution < 1.29 is 9.47 Å². The summed E-state index contributed by atoms with van der Waals surface area (Å²) in [7, 11) is 0. The molecule has 3 heteroatoms. The second-order valence-electron chi connectivity index (χ2n) is 3.72. The van der Waals surface area contributed by atoms with Crippen LogP contribution in [0.5, 0.6) is 0 Å². The van der Waals surface area contributed by atoms with E-state index in [2.05, 4.69) is 11.6 Å². The smallest absolute Gasteiger partial charge is 0.170 e. The molecule has 1 aromatic rings. The van der Waals surface area contributed by atoms with E-state index in [9.17, 15) is 0 Å².